The number of ether oxygens (including phenoxy) is 1. The van der Waals surface area contributed by atoms with Gasteiger partial charge in [-0.05, 0) is 0 Å². The number of aromatic carboxylic acids is 1. The van der Waals surface area contributed by atoms with Crippen LogP contribution >= 0.6 is 0 Å². The molecule has 68 valence electrons. The summed E-state index contributed by atoms with van der Waals surface area (Å²) < 4.78 is 4.73. The minimum Gasteiger partial charge on any atom is -0.481 e. The summed E-state index contributed by atoms with van der Waals surface area (Å²) in [5.41, 5.74) is -0.0739. The molecule has 0 aromatic carbocycles. The summed E-state index contributed by atoms with van der Waals surface area (Å²) in [6, 6.07) is 1.27. The molecule has 1 N–H and O–H groups in total. The number of aromatic nitrogens is 1. The molecule has 5 nitrogen and oxygen atoms in total. The molecule has 0 spiro atoms. The van der Waals surface area contributed by atoms with E-state index in [1.54, 1.807) is 0 Å². The van der Waals surface area contributed by atoms with E-state index in [1.807, 2.05) is 0 Å². The van der Waals surface area contributed by atoms with Gasteiger partial charge < -0.3 is 9.84 Å². The van der Waals surface area contributed by atoms with Crippen molar-refractivity contribution in [1.82, 2.24) is 4.98 Å². The lowest BCUT2D eigenvalue weighted by atomic mass is 10.1. The Kier molecular flexibility index (Phi) is 2.59. The summed E-state index contributed by atoms with van der Waals surface area (Å²) in [5, 5.41) is 8.62. The number of methoxy groups -OCH3 is 1. The van der Waals surface area contributed by atoms with Crippen molar-refractivity contribution in [2.45, 2.75) is 0 Å². The zero-order valence-electron chi connectivity index (χ0n) is 6.85. The highest BCUT2D eigenvalue weighted by molar-refractivity contribution is 5.96. The number of aldehydes is 1. The maximum Gasteiger partial charge on any atom is 0.338 e. The van der Waals surface area contributed by atoms with E-state index in [4.69, 9.17) is 9.84 Å². The fourth-order valence-electron chi connectivity index (χ4n) is 0.839. The Labute approximate surface area is 74.0 Å². The molecule has 0 aliphatic rings. The van der Waals surface area contributed by atoms with Crippen LogP contribution in [0.3, 0.4) is 0 Å². The number of carbonyl (C=O) groups excluding carboxylic acids is 1. The third-order valence-corrected chi connectivity index (χ3v) is 1.48. The van der Waals surface area contributed by atoms with Crippen molar-refractivity contribution >= 4 is 12.3 Å². The van der Waals surface area contributed by atoms with Crippen LogP contribution in [0.2, 0.25) is 0 Å². The van der Waals surface area contributed by atoms with Crippen molar-refractivity contribution in [3.8, 4) is 5.88 Å². The first-order valence-electron chi connectivity index (χ1n) is 3.41. The van der Waals surface area contributed by atoms with Crippen molar-refractivity contribution in [3.05, 3.63) is 23.4 Å². The largest absolute Gasteiger partial charge is 0.481 e. The van der Waals surface area contributed by atoms with E-state index in [1.165, 1.54) is 13.2 Å². The monoisotopic (exact) mass is 181 g/mol. The number of pyridine rings is 1. The van der Waals surface area contributed by atoms with Gasteiger partial charge >= 0.3 is 5.97 Å². The molecular weight excluding hydrogens is 174 g/mol. The van der Waals surface area contributed by atoms with Crippen LogP contribution in [-0.4, -0.2) is 29.5 Å². The van der Waals surface area contributed by atoms with E-state index in [0.717, 1.165) is 6.20 Å². The Balaban J connectivity index is 3.23. The molecule has 13 heavy (non-hydrogen) atoms. The van der Waals surface area contributed by atoms with Crippen LogP contribution in [0.4, 0.5) is 0 Å². The number of carboxylic acid groups (broad SMARTS) is 1. The molecule has 0 bridgehead atoms. The minimum absolute atomic E-state index is 0.0550. The first-order valence-corrected chi connectivity index (χ1v) is 3.41. The van der Waals surface area contributed by atoms with Gasteiger partial charge in [-0.15, -0.1) is 0 Å². The predicted molar refractivity (Wildman–Crippen MR) is 43.1 cm³/mol. The number of hydrogen-bond donors (Lipinski definition) is 1. The van der Waals surface area contributed by atoms with Gasteiger partial charge in [-0.1, -0.05) is 0 Å². The lowest BCUT2D eigenvalue weighted by molar-refractivity contribution is 0.0693. The van der Waals surface area contributed by atoms with E-state index >= 15 is 0 Å². The van der Waals surface area contributed by atoms with Crippen molar-refractivity contribution < 1.29 is 19.4 Å². The number of carboxylic acids is 1. The molecule has 0 unspecified atom stereocenters. The molecule has 0 saturated heterocycles. The average Bonchev–Trinajstić information content (AvgIpc) is 2.16. The second kappa shape index (κ2) is 3.66. The van der Waals surface area contributed by atoms with Crippen molar-refractivity contribution in [2.75, 3.05) is 7.11 Å². The Bertz CT molecular complexity index is 348. The second-order valence-electron chi connectivity index (χ2n) is 2.24. The van der Waals surface area contributed by atoms with Crippen LogP contribution < -0.4 is 4.74 Å². The quantitative estimate of drug-likeness (QED) is 0.691. The van der Waals surface area contributed by atoms with Gasteiger partial charge in [0.2, 0.25) is 5.88 Å². The maximum atomic E-state index is 10.5. The molecule has 0 fully saturated rings. The van der Waals surface area contributed by atoms with Crippen LogP contribution in [0.25, 0.3) is 0 Å². The highest BCUT2D eigenvalue weighted by atomic mass is 16.5. The Morgan fingerprint density at radius 1 is 1.69 bits per heavy atom. The SMILES string of the molecule is COc1cc(C=O)c(C(=O)O)cn1. The van der Waals surface area contributed by atoms with Gasteiger partial charge in [-0.2, -0.15) is 0 Å². The van der Waals surface area contributed by atoms with Gasteiger partial charge in [-0.3, -0.25) is 4.79 Å². The van der Waals surface area contributed by atoms with Gasteiger partial charge in [0.15, 0.2) is 6.29 Å². The number of rotatable bonds is 3. The average molecular weight is 181 g/mol. The van der Waals surface area contributed by atoms with Crippen LogP contribution in [0.5, 0.6) is 5.88 Å². The van der Waals surface area contributed by atoms with Gasteiger partial charge in [0, 0.05) is 17.8 Å². The summed E-state index contributed by atoms with van der Waals surface area (Å²) in [5.74, 6) is -0.968. The van der Waals surface area contributed by atoms with E-state index in [0.29, 0.717) is 6.29 Å². The molecule has 1 heterocycles. The standard InChI is InChI=1S/C8H7NO4/c1-13-7-2-5(4-10)6(3-9-7)8(11)12/h2-4H,1H3,(H,11,12). The fraction of sp³-hybridized carbons (Fsp3) is 0.125. The van der Waals surface area contributed by atoms with Gasteiger partial charge in [0.1, 0.15) is 0 Å². The topological polar surface area (TPSA) is 76.5 Å². The Morgan fingerprint density at radius 2 is 2.38 bits per heavy atom. The van der Waals surface area contributed by atoms with Crippen LogP contribution in [-0.2, 0) is 0 Å². The number of nitrogens with zero attached hydrogens (tertiary/aromatic N) is 1. The lowest BCUT2D eigenvalue weighted by Crippen LogP contribution is -2.03. The predicted octanol–water partition coefficient (Wildman–Crippen LogP) is 0.601. The van der Waals surface area contributed by atoms with Crippen LogP contribution in [0.15, 0.2) is 12.3 Å². The molecule has 0 amide bonds. The van der Waals surface area contributed by atoms with Crippen LogP contribution in [0.1, 0.15) is 20.7 Å². The molecule has 1 aromatic rings. The van der Waals surface area contributed by atoms with Gasteiger partial charge in [0.25, 0.3) is 0 Å². The smallest absolute Gasteiger partial charge is 0.338 e. The third kappa shape index (κ3) is 1.81. The minimum atomic E-state index is -1.18. The molecule has 0 aliphatic carbocycles. The second-order valence-corrected chi connectivity index (χ2v) is 2.24. The third-order valence-electron chi connectivity index (χ3n) is 1.48. The number of carbonyl (C=O) groups is 2. The molecular formula is C8H7NO4. The maximum absolute atomic E-state index is 10.5. The van der Waals surface area contributed by atoms with E-state index in [9.17, 15) is 9.59 Å². The molecule has 0 aliphatic heterocycles. The van der Waals surface area contributed by atoms with E-state index < -0.39 is 5.97 Å². The van der Waals surface area contributed by atoms with Crippen molar-refractivity contribution in [1.29, 1.82) is 0 Å². The molecule has 0 saturated carbocycles. The summed E-state index contributed by atoms with van der Waals surface area (Å²) in [4.78, 5) is 24.7. The van der Waals surface area contributed by atoms with E-state index in [-0.39, 0.29) is 17.0 Å². The summed E-state index contributed by atoms with van der Waals surface area (Å²) in [6.07, 6.45) is 1.54. The molecule has 5 heteroatoms. The Hall–Kier alpha value is -1.91. The lowest BCUT2D eigenvalue weighted by Gasteiger charge is -2.01. The molecule has 1 aromatic heterocycles. The zero-order chi connectivity index (χ0) is 9.84. The zero-order valence-corrected chi connectivity index (χ0v) is 6.85. The number of hydrogen-bond acceptors (Lipinski definition) is 4. The van der Waals surface area contributed by atoms with Crippen molar-refractivity contribution in [3.63, 3.8) is 0 Å². The van der Waals surface area contributed by atoms with E-state index in [2.05, 4.69) is 4.98 Å². The summed E-state index contributed by atoms with van der Waals surface area (Å²) in [7, 11) is 1.39. The Morgan fingerprint density at radius 3 is 2.85 bits per heavy atom. The summed E-state index contributed by atoms with van der Waals surface area (Å²) in [6.45, 7) is 0. The normalized spacial score (nSPS) is 9.31. The molecule has 1 rings (SSSR count). The first-order chi connectivity index (χ1) is 6.19. The van der Waals surface area contributed by atoms with Gasteiger partial charge in [-0.25, -0.2) is 9.78 Å². The fourth-order valence-corrected chi connectivity index (χ4v) is 0.839. The first kappa shape index (κ1) is 9.18. The van der Waals surface area contributed by atoms with Crippen LogP contribution in [0, 0.1) is 0 Å². The molecule has 0 atom stereocenters. The summed E-state index contributed by atoms with van der Waals surface area (Å²) >= 11 is 0. The highest BCUT2D eigenvalue weighted by Crippen LogP contribution is 2.12. The van der Waals surface area contributed by atoms with Crippen molar-refractivity contribution in [2.24, 2.45) is 0 Å². The molecule has 0 radical (unpaired) electrons. The highest BCUT2D eigenvalue weighted by Gasteiger charge is 2.10. The van der Waals surface area contributed by atoms with Gasteiger partial charge in [0.05, 0.1) is 12.7 Å².